The van der Waals surface area contributed by atoms with E-state index < -0.39 is 0 Å². The molecule has 0 fully saturated rings. The quantitative estimate of drug-likeness (QED) is 0.924. The van der Waals surface area contributed by atoms with E-state index in [1.165, 1.54) is 16.7 Å². The molecule has 1 aliphatic rings. The summed E-state index contributed by atoms with van der Waals surface area (Å²) >= 11 is 0. The monoisotopic (exact) mass is 269 g/mol. The van der Waals surface area contributed by atoms with Crippen LogP contribution in [0, 0.1) is 6.92 Å². The Hall–Kier alpha value is -2.00. The van der Waals surface area contributed by atoms with Crippen molar-refractivity contribution in [3.05, 3.63) is 59.2 Å². The first-order chi connectivity index (χ1) is 9.76. The lowest BCUT2D eigenvalue weighted by Gasteiger charge is -2.17. The molecular weight excluding hydrogens is 250 g/mol. The van der Waals surface area contributed by atoms with Gasteiger partial charge in [0.2, 0.25) is 6.79 Å². The molecule has 0 amide bonds. The van der Waals surface area contributed by atoms with Gasteiger partial charge in [-0.2, -0.15) is 0 Å². The van der Waals surface area contributed by atoms with Gasteiger partial charge in [-0.25, -0.2) is 0 Å². The molecule has 0 bridgehead atoms. The van der Waals surface area contributed by atoms with Crippen molar-refractivity contribution in [1.82, 2.24) is 5.32 Å². The number of benzene rings is 2. The first-order valence-corrected chi connectivity index (χ1v) is 6.88. The molecule has 3 heteroatoms. The van der Waals surface area contributed by atoms with Gasteiger partial charge in [0.15, 0.2) is 11.5 Å². The Morgan fingerprint density at radius 2 is 1.80 bits per heavy atom. The first kappa shape index (κ1) is 13.0. The summed E-state index contributed by atoms with van der Waals surface area (Å²) in [6.45, 7) is 2.43. The zero-order valence-corrected chi connectivity index (χ0v) is 11.8. The third-order valence-electron chi connectivity index (χ3n) is 3.71. The molecule has 1 N–H and O–H groups in total. The second kappa shape index (κ2) is 5.55. The summed E-state index contributed by atoms with van der Waals surface area (Å²) in [5, 5.41) is 3.38. The van der Waals surface area contributed by atoms with Crippen molar-refractivity contribution in [3.63, 3.8) is 0 Å². The van der Waals surface area contributed by atoms with Gasteiger partial charge >= 0.3 is 0 Å². The SMILES string of the molecule is CNC(Cc1ccc(C)cc1)c1ccc2c(c1)OCO2. The number of hydrogen-bond acceptors (Lipinski definition) is 3. The molecule has 1 heterocycles. The van der Waals surface area contributed by atoms with Crippen molar-refractivity contribution in [3.8, 4) is 11.5 Å². The first-order valence-electron chi connectivity index (χ1n) is 6.88. The summed E-state index contributed by atoms with van der Waals surface area (Å²) in [7, 11) is 1.99. The summed E-state index contributed by atoms with van der Waals surface area (Å²) in [4.78, 5) is 0. The van der Waals surface area contributed by atoms with E-state index in [1.54, 1.807) is 0 Å². The maximum atomic E-state index is 5.45. The minimum atomic E-state index is 0.271. The second-order valence-corrected chi connectivity index (χ2v) is 5.14. The van der Waals surface area contributed by atoms with E-state index in [2.05, 4.69) is 48.6 Å². The molecule has 3 rings (SSSR count). The molecule has 1 unspecified atom stereocenters. The van der Waals surface area contributed by atoms with Gasteiger partial charge in [0.05, 0.1) is 0 Å². The molecule has 1 aliphatic heterocycles. The van der Waals surface area contributed by atoms with Crippen LogP contribution in [0.2, 0.25) is 0 Å². The molecule has 2 aromatic rings. The van der Waals surface area contributed by atoms with E-state index in [9.17, 15) is 0 Å². The fourth-order valence-electron chi connectivity index (χ4n) is 2.48. The molecule has 0 aliphatic carbocycles. The summed E-state index contributed by atoms with van der Waals surface area (Å²) in [6, 6.07) is 15.1. The van der Waals surface area contributed by atoms with Crippen LogP contribution in [-0.2, 0) is 6.42 Å². The predicted molar refractivity (Wildman–Crippen MR) is 79.2 cm³/mol. The van der Waals surface area contributed by atoms with Crippen LogP contribution in [0.25, 0.3) is 0 Å². The third-order valence-corrected chi connectivity index (χ3v) is 3.71. The maximum Gasteiger partial charge on any atom is 0.231 e. The Morgan fingerprint density at radius 1 is 1.05 bits per heavy atom. The number of fused-ring (bicyclic) bond motifs is 1. The smallest absolute Gasteiger partial charge is 0.231 e. The molecule has 0 saturated carbocycles. The summed E-state index contributed by atoms with van der Waals surface area (Å²) < 4.78 is 10.8. The van der Waals surface area contributed by atoms with Crippen LogP contribution in [0.15, 0.2) is 42.5 Å². The Morgan fingerprint density at radius 3 is 2.55 bits per heavy atom. The fourth-order valence-corrected chi connectivity index (χ4v) is 2.48. The van der Waals surface area contributed by atoms with Crippen molar-refractivity contribution in [2.24, 2.45) is 0 Å². The lowest BCUT2D eigenvalue weighted by molar-refractivity contribution is 0.174. The highest BCUT2D eigenvalue weighted by Crippen LogP contribution is 2.34. The Bertz CT molecular complexity index is 592. The normalized spacial score (nSPS) is 14.3. The third kappa shape index (κ3) is 2.63. The molecule has 0 saturated heterocycles. The van der Waals surface area contributed by atoms with Crippen LogP contribution in [0.3, 0.4) is 0 Å². The number of aryl methyl sites for hydroxylation is 1. The Balaban J connectivity index is 1.81. The van der Waals surface area contributed by atoms with Crippen LogP contribution >= 0.6 is 0 Å². The number of ether oxygens (including phenoxy) is 2. The molecule has 3 nitrogen and oxygen atoms in total. The van der Waals surface area contributed by atoms with Gasteiger partial charge in [-0.15, -0.1) is 0 Å². The molecule has 1 atom stereocenters. The van der Waals surface area contributed by atoms with Gasteiger partial charge in [-0.05, 0) is 43.7 Å². The molecule has 2 aromatic carbocycles. The van der Waals surface area contributed by atoms with Crippen LogP contribution in [0.1, 0.15) is 22.7 Å². The van der Waals surface area contributed by atoms with Gasteiger partial charge in [-0.1, -0.05) is 35.9 Å². The van der Waals surface area contributed by atoms with Crippen LogP contribution in [0.4, 0.5) is 0 Å². The molecule has 0 aromatic heterocycles. The van der Waals surface area contributed by atoms with Gasteiger partial charge < -0.3 is 14.8 Å². The predicted octanol–water partition coefficient (Wildman–Crippen LogP) is 3.23. The average molecular weight is 269 g/mol. The molecular formula is C17H19NO2. The topological polar surface area (TPSA) is 30.5 Å². The van der Waals surface area contributed by atoms with Gasteiger partial charge in [0.25, 0.3) is 0 Å². The standard InChI is InChI=1S/C17H19NO2/c1-12-3-5-13(6-4-12)9-15(18-2)14-7-8-16-17(10-14)20-11-19-16/h3-8,10,15,18H,9,11H2,1-2H3. The van der Waals surface area contributed by atoms with Gasteiger partial charge in [0.1, 0.15) is 0 Å². The lowest BCUT2D eigenvalue weighted by atomic mass is 9.98. The maximum absolute atomic E-state index is 5.45. The van der Waals surface area contributed by atoms with Gasteiger partial charge in [0, 0.05) is 6.04 Å². The zero-order chi connectivity index (χ0) is 13.9. The number of rotatable bonds is 4. The van der Waals surface area contributed by atoms with Crippen molar-refractivity contribution in [1.29, 1.82) is 0 Å². The summed E-state index contributed by atoms with van der Waals surface area (Å²) in [5.74, 6) is 1.67. The van der Waals surface area contributed by atoms with E-state index in [0.717, 1.165) is 17.9 Å². The van der Waals surface area contributed by atoms with E-state index in [0.29, 0.717) is 6.79 Å². The highest BCUT2D eigenvalue weighted by Gasteiger charge is 2.17. The highest BCUT2D eigenvalue weighted by molar-refractivity contribution is 5.45. The number of likely N-dealkylation sites (N-methyl/N-ethyl adjacent to an activating group) is 1. The molecule has 0 spiro atoms. The van der Waals surface area contributed by atoms with Crippen molar-refractivity contribution in [2.45, 2.75) is 19.4 Å². The zero-order valence-electron chi connectivity index (χ0n) is 11.8. The largest absolute Gasteiger partial charge is 0.454 e. The molecule has 104 valence electrons. The van der Waals surface area contributed by atoms with Crippen molar-refractivity contribution >= 4 is 0 Å². The molecule has 20 heavy (non-hydrogen) atoms. The van der Waals surface area contributed by atoms with Crippen LogP contribution in [0.5, 0.6) is 11.5 Å². The minimum Gasteiger partial charge on any atom is -0.454 e. The minimum absolute atomic E-state index is 0.271. The molecule has 0 radical (unpaired) electrons. The second-order valence-electron chi connectivity index (χ2n) is 5.14. The van der Waals surface area contributed by atoms with E-state index in [4.69, 9.17) is 9.47 Å². The highest BCUT2D eigenvalue weighted by atomic mass is 16.7. The van der Waals surface area contributed by atoms with Crippen LogP contribution in [-0.4, -0.2) is 13.8 Å². The Kier molecular flexibility index (Phi) is 3.61. The Labute approximate surface area is 119 Å². The van der Waals surface area contributed by atoms with E-state index >= 15 is 0 Å². The van der Waals surface area contributed by atoms with E-state index in [1.807, 2.05) is 13.1 Å². The number of nitrogens with one attached hydrogen (secondary N) is 1. The van der Waals surface area contributed by atoms with Gasteiger partial charge in [-0.3, -0.25) is 0 Å². The average Bonchev–Trinajstić information content (AvgIpc) is 2.94. The lowest BCUT2D eigenvalue weighted by Crippen LogP contribution is -2.18. The van der Waals surface area contributed by atoms with Crippen LogP contribution < -0.4 is 14.8 Å². The summed E-state index contributed by atoms with van der Waals surface area (Å²) in [5.41, 5.74) is 3.84. The van der Waals surface area contributed by atoms with E-state index in [-0.39, 0.29) is 6.04 Å². The van der Waals surface area contributed by atoms with Crippen molar-refractivity contribution in [2.75, 3.05) is 13.8 Å². The van der Waals surface area contributed by atoms with Crippen molar-refractivity contribution < 1.29 is 9.47 Å². The fraction of sp³-hybridized carbons (Fsp3) is 0.294. The number of hydrogen-bond donors (Lipinski definition) is 1. The summed E-state index contributed by atoms with van der Waals surface area (Å²) in [6.07, 6.45) is 0.955.